The maximum Gasteiger partial charge on any atom is 0.335 e. The van der Waals surface area contributed by atoms with Crippen LogP contribution in [-0.2, 0) is 4.79 Å². The minimum absolute atomic E-state index is 0.177. The highest BCUT2D eigenvalue weighted by Gasteiger charge is 2.32. The van der Waals surface area contributed by atoms with E-state index in [1.54, 1.807) is 42.5 Å². The zero-order valence-electron chi connectivity index (χ0n) is 12.2. The highest BCUT2D eigenvalue weighted by Crippen LogP contribution is 2.29. The maximum atomic E-state index is 12.6. The van der Waals surface area contributed by atoms with Crippen LogP contribution >= 0.6 is 23.8 Å². The lowest BCUT2D eigenvalue weighted by atomic mass is 10.1. The first kappa shape index (κ1) is 16.2. The van der Waals surface area contributed by atoms with Crippen molar-refractivity contribution in [2.75, 3.05) is 4.90 Å². The largest absolute Gasteiger partial charge is 0.478 e. The van der Waals surface area contributed by atoms with Crippen LogP contribution in [0.4, 0.5) is 5.69 Å². The normalized spacial score (nSPS) is 15.7. The van der Waals surface area contributed by atoms with Gasteiger partial charge in [0.1, 0.15) is 5.70 Å². The Hall–Kier alpha value is -2.70. The molecule has 0 aliphatic carbocycles. The number of amides is 1. The number of thiocarbonyl (C=S) groups is 1. The Balaban J connectivity index is 1.91. The molecule has 2 aromatic rings. The average molecular weight is 359 g/mol. The van der Waals surface area contributed by atoms with Gasteiger partial charge in [-0.1, -0.05) is 35.9 Å². The number of anilines is 1. The van der Waals surface area contributed by atoms with Crippen molar-refractivity contribution in [2.24, 2.45) is 0 Å². The molecule has 0 saturated carbocycles. The van der Waals surface area contributed by atoms with Gasteiger partial charge in [-0.05, 0) is 48.1 Å². The van der Waals surface area contributed by atoms with E-state index in [1.165, 1.54) is 17.0 Å². The van der Waals surface area contributed by atoms with E-state index >= 15 is 0 Å². The molecule has 1 amide bonds. The third-order valence-electron chi connectivity index (χ3n) is 3.44. The molecular weight excluding hydrogens is 348 g/mol. The number of hydrogen-bond donors (Lipinski definition) is 2. The third kappa shape index (κ3) is 3.02. The summed E-state index contributed by atoms with van der Waals surface area (Å²) in [5.74, 6) is -1.33. The van der Waals surface area contributed by atoms with E-state index in [0.29, 0.717) is 22.0 Å². The van der Waals surface area contributed by atoms with Crippen molar-refractivity contribution in [1.82, 2.24) is 5.32 Å². The Morgan fingerprint density at radius 2 is 1.83 bits per heavy atom. The number of rotatable bonds is 3. The molecule has 24 heavy (non-hydrogen) atoms. The summed E-state index contributed by atoms with van der Waals surface area (Å²) in [7, 11) is 0. The zero-order valence-corrected chi connectivity index (χ0v) is 13.8. The highest BCUT2D eigenvalue weighted by atomic mass is 35.5. The SMILES string of the molecule is O=C(O)c1ccc(/C=C2\NC(=S)N(c3ccccc3Cl)C2=O)cc1. The molecule has 120 valence electrons. The first-order valence-electron chi connectivity index (χ1n) is 6.92. The second kappa shape index (κ2) is 6.43. The highest BCUT2D eigenvalue weighted by molar-refractivity contribution is 7.80. The van der Waals surface area contributed by atoms with Crippen molar-refractivity contribution in [3.8, 4) is 0 Å². The number of carbonyl (C=O) groups is 2. The number of para-hydroxylation sites is 1. The van der Waals surface area contributed by atoms with E-state index in [-0.39, 0.29) is 16.6 Å². The van der Waals surface area contributed by atoms with Crippen LogP contribution in [0.3, 0.4) is 0 Å². The molecule has 1 fully saturated rings. The fraction of sp³-hybridized carbons (Fsp3) is 0. The van der Waals surface area contributed by atoms with Gasteiger partial charge >= 0.3 is 5.97 Å². The average Bonchev–Trinajstić information content (AvgIpc) is 2.83. The van der Waals surface area contributed by atoms with E-state index < -0.39 is 5.97 Å². The van der Waals surface area contributed by atoms with Gasteiger partial charge < -0.3 is 10.4 Å². The Kier molecular flexibility index (Phi) is 4.33. The van der Waals surface area contributed by atoms with Crippen molar-refractivity contribution in [1.29, 1.82) is 0 Å². The van der Waals surface area contributed by atoms with Crippen LogP contribution in [0, 0.1) is 0 Å². The number of halogens is 1. The predicted octanol–water partition coefficient (Wildman–Crippen LogP) is 3.30. The second-order valence-corrected chi connectivity index (χ2v) is 5.80. The predicted molar refractivity (Wildman–Crippen MR) is 96.1 cm³/mol. The van der Waals surface area contributed by atoms with Crippen LogP contribution < -0.4 is 10.2 Å². The van der Waals surface area contributed by atoms with Crippen LogP contribution in [0.15, 0.2) is 54.2 Å². The van der Waals surface area contributed by atoms with E-state index in [1.807, 2.05) is 0 Å². The number of aromatic carboxylic acids is 1. The molecule has 2 N–H and O–H groups in total. The topological polar surface area (TPSA) is 69.6 Å². The molecule has 1 aliphatic rings. The third-order valence-corrected chi connectivity index (χ3v) is 4.04. The molecule has 1 aliphatic heterocycles. The van der Waals surface area contributed by atoms with Gasteiger partial charge in [-0.15, -0.1) is 0 Å². The summed E-state index contributed by atoms with van der Waals surface area (Å²) in [4.78, 5) is 24.8. The van der Waals surface area contributed by atoms with Gasteiger partial charge in [0, 0.05) is 0 Å². The molecule has 5 nitrogen and oxygen atoms in total. The molecule has 7 heteroatoms. The lowest BCUT2D eigenvalue weighted by Crippen LogP contribution is -2.30. The number of benzene rings is 2. The molecule has 0 bridgehead atoms. The second-order valence-electron chi connectivity index (χ2n) is 5.01. The van der Waals surface area contributed by atoms with Gasteiger partial charge in [0.05, 0.1) is 16.3 Å². The maximum absolute atomic E-state index is 12.6. The summed E-state index contributed by atoms with van der Waals surface area (Å²) in [5, 5.41) is 12.4. The summed E-state index contributed by atoms with van der Waals surface area (Å²) in [5.41, 5.74) is 1.66. The van der Waals surface area contributed by atoms with Gasteiger partial charge in [-0.2, -0.15) is 0 Å². The molecule has 0 aromatic heterocycles. The summed E-state index contributed by atoms with van der Waals surface area (Å²) >= 11 is 11.4. The van der Waals surface area contributed by atoms with E-state index in [4.69, 9.17) is 28.9 Å². The van der Waals surface area contributed by atoms with Gasteiger partial charge in [0.25, 0.3) is 5.91 Å². The molecule has 3 rings (SSSR count). The fourth-order valence-electron chi connectivity index (χ4n) is 2.28. The van der Waals surface area contributed by atoms with Crippen LogP contribution in [0.5, 0.6) is 0 Å². The number of carboxylic acid groups (broad SMARTS) is 1. The Morgan fingerprint density at radius 3 is 2.46 bits per heavy atom. The summed E-state index contributed by atoms with van der Waals surface area (Å²) in [6.45, 7) is 0. The number of carboxylic acids is 1. The smallest absolute Gasteiger partial charge is 0.335 e. The molecule has 0 atom stereocenters. The quantitative estimate of drug-likeness (QED) is 0.650. The van der Waals surface area contributed by atoms with Gasteiger partial charge in [0.2, 0.25) is 0 Å². The Labute approximate surface area is 148 Å². The van der Waals surface area contributed by atoms with Gasteiger partial charge in [0.15, 0.2) is 5.11 Å². The number of nitrogens with one attached hydrogen (secondary N) is 1. The van der Waals surface area contributed by atoms with Crippen molar-refractivity contribution in [3.05, 3.63) is 70.4 Å². The van der Waals surface area contributed by atoms with Crippen LogP contribution in [0.2, 0.25) is 5.02 Å². The molecule has 2 aromatic carbocycles. The Bertz CT molecular complexity index is 878. The number of hydrogen-bond acceptors (Lipinski definition) is 3. The molecule has 0 unspecified atom stereocenters. The summed E-state index contributed by atoms with van der Waals surface area (Å²) in [6.07, 6.45) is 1.61. The Morgan fingerprint density at radius 1 is 1.17 bits per heavy atom. The summed E-state index contributed by atoms with van der Waals surface area (Å²) < 4.78 is 0. The van der Waals surface area contributed by atoms with Crippen LogP contribution in [0.1, 0.15) is 15.9 Å². The molecule has 0 spiro atoms. The van der Waals surface area contributed by atoms with Crippen molar-refractivity contribution in [3.63, 3.8) is 0 Å². The van der Waals surface area contributed by atoms with E-state index in [2.05, 4.69) is 5.32 Å². The molecule has 1 heterocycles. The fourth-order valence-corrected chi connectivity index (χ4v) is 2.79. The molecule has 0 radical (unpaired) electrons. The first-order chi connectivity index (χ1) is 11.5. The number of nitrogens with zero attached hydrogens (tertiary/aromatic N) is 1. The molecular formula is C17H11ClN2O3S. The molecule has 1 saturated heterocycles. The van der Waals surface area contributed by atoms with E-state index in [0.717, 1.165) is 0 Å². The standard InChI is InChI=1S/C17H11ClN2O3S/c18-12-3-1-2-4-14(12)20-15(21)13(19-17(20)24)9-10-5-7-11(8-6-10)16(22)23/h1-9H,(H,19,24)(H,22,23)/b13-9-. The van der Waals surface area contributed by atoms with Gasteiger partial charge in [-0.25, -0.2) is 4.79 Å². The minimum atomic E-state index is -1.00. The van der Waals surface area contributed by atoms with Crippen LogP contribution in [-0.4, -0.2) is 22.1 Å². The lowest BCUT2D eigenvalue weighted by Gasteiger charge is -2.15. The van der Waals surface area contributed by atoms with Crippen LogP contribution in [0.25, 0.3) is 6.08 Å². The lowest BCUT2D eigenvalue weighted by molar-refractivity contribution is -0.113. The van der Waals surface area contributed by atoms with Gasteiger partial charge in [-0.3, -0.25) is 9.69 Å². The summed E-state index contributed by atoms with van der Waals surface area (Å²) in [6, 6.07) is 13.1. The monoisotopic (exact) mass is 358 g/mol. The van der Waals surface area contributed by atoms with Crippen molar-refractivity contribution in [2.45, 2.75) is 0 Å². The minimum Gasteiger partial charge on any atom is -0.478 e. The first-order valence-corrected chi connectivity index (χ1v) is 7.71. The van der Waals surface area contributed by atoms with Crippen molar-refractivity contribution >= 4 is 52.6 Å². The zero-order chi connectivity index (χ0) is 17.3. The van der Waals surface area contributed by atoms with Crippen molar-refractivity contribution < 1.29 is 14.7 Å². The van der Waals surface area contributed by atoms with E-state index in [9.17, 15) is 9.59 Å². The number of carbonyl (C=O) groups excluding carboxylic acids is 1.